The van der Waals surface area contributed by atoms with E-state index < -0.39 is 0 Å². The number of carbonyl (C=O) groups is 1. The van der Waals surface area contributed by atoms with Gasteiger partial charge >= 0.3 is 0 Å². The van der Waals surface area contributed by atoms with E-state index in [0.717, 1.165) is 24.2 Å². The van der Waals surface area contributed by atoms with E-state index >= 15 is 0 Å². The first kappa shape index (κ1) is 12.8. The van der Waals surface area contributed by atoms with Crippen molar-refractivity contribution in [3.8, 4) is 0 Å². The molecule has 1 saturated carbocycles. The number of carbonyl (C=O) groups excluding carboxylic acids is 1. The van der Waals surface area contributed by atoms with Crippen molar-refractivity contribution in [1.82, 2.24) is 19.9 Å². The fraction of sp³-hybridized carbons (Fsp3) is 0.400. The maximum Gasteiger partial charge on any atom is 0.270 e. The monoisotopic (exact) mass is 270 g/mol. The lowest BCUT2D eigenvalue weighted by Crippen LogP contribution is -2.31. The smallest absolute Gasteiger partial charge is 0.270 e. The molecule has 1 amide bonds. The molecule has 0 spiro atoms. The Hall–Kier alpha value is -2.17. The Balaban J connectivity index is 1.82. The normalized spacial score (nSPS) is 15.9. The maximum atomic E-state index is 12.3. The molecule has 1 aliphatic rings. The second-order valence-corrected chi connectivity index (χ2v) is 5.38. The zero-order valence-corrected chi connectivity index (χ0v) is 11.7. The summed E-state index contributed by atoms with van der Waals surface area (Å²) in [6.07, 6.45) is 5.51. The summed E-state index contributed by atoms with van der Waals surface area (Å²) < 4.78 is 1.73. The Morgan fingerprint density at radius 1 is 1.45 bits per heavy atom. The van der Waals surface area contributed by atoms with Crippen LogP contribution in [0.15, 0.2) is 30.7 Å². The molecule has 0 bridgehead atoms. The molecule has 3 rings (SSSR count). The second-order valence-electron chi connectivity index (χ2n) is 5.38. The van der Waals surface area contributed by atoms with Gasteiger partial charge < -0.3 is 9.88 Å². The van der Waals surface area contributed by atoms with E-state index in [1.807, 2.05) is 32.2 Å². The highest BCUT2D eigenvalue weighted by molar-refractivity contribution is 5.92. The van der Waals surface area contributed by atoms with E-state index in [0.29, 0.717) is 11.6 Å². The number of rotatable bonds is 4. The molecule has 1 fully saturated rings. The molecule has 0 radical (unpaired) electrons. The molecule has 104 valence electrons. The standard InChI is InChI=1S/C15H18N4O/c1-10-4-3-5-12(17-10)14(11-6-7-11)18-15(20)13-8-16-9-19(13)2/h3-5,8-9,11,14H,6-7H2,1-2H3,(H,18,20)/t14-/m0/s1. The molecular formula is C15H18N4O. The van der Waals surface area contributed by atoms with E-state index in [9.17, 15) is 4.79 Å². The molecular weight excluding hydrogens is 252 g/mol. The number of aromatic nitrogens is 3. The average Bonchev–Trinajstić information content (AvgIpc) is 3.17. The van der Waals surface area contributed by atoms with Gasteiger partial charge in [-0.3, -0.25) is 9.78 Å². The molecule has 20 heavy (non-hydrogen) atoms. The van der Waals surface area contributed by atoms with Gasteiger partial charge in [0, 0.05) is 12.7 Å². The first-order chi connectivity index (χ1) is 9.65. The van der Waals surface area contributed by atoms with Crippen molar-refractivity contribution in [2.75, 3.05) is 0 Å². The van der Waals surface area contributed by atoms with Crippen molar-refractivity contribution in [2.24, 2.45) is 13.0 Å². The van der Waals surface area contributed by atoms with Gasteiger partial charge in [-0.05, 0) is 37.8 Å². The summed E-state index contributed by atoms with van der Waals surface area (Å²) in [6, 6.07) is 5.94. The number of nitrogens with zero attached hydrogens (tertiary/aromatic N) is 3. The second kappa shape index (κ2) is 5.07. The highest BCUT2D eigenvalue weighted by atomic mass is 16.2. The third-order valence-electron chi connectivity index (χ3n) is 3.66. The Kier molecular flexibility index (Phi) is 3.26. The van der Waals surface area contributed by atoms with E-state index in [2.05, 4.69) is 15.3 Å². The molecule has 5 heteroatoms. The number of hydrogen-bond acceptors (Lipinski definition) is 3. The summed E-state index contributed by atoms with van der Waals surface area (Å²) >= 11 is 0. The van der Waals surface area contributed by atoms with E-state index in [-0.39, 0.29) is 11.9 Å². The molecule has 2 aromatic heterocycles. The minimum atomic E-state index is -0.0924. The Morgan fingerprint density at radius 3 is 2.85 bits per heavy atom. The number of hydrogen-bond donors (Lipinski definition) is 1. The molecule has 1 N–H and O–H groups in total. The quantitative estimate of drug-likeness (QED) is 0.924. The number of amides is 1. The SMILES string of the molecule is Cc1cccc([C@@H](NC(=O)c2cncn2C)C2CC2)n1. The summed E-state index contributed by atoms with van der Waals surface area (Å²) in [6.45, 7) is 1.97. The number of imidazole rings is 1. The number of aryl methyl sites for hydroxylation is 2. The molecule has 2 aromatic rings. The van der Waals surface area contributed by atoms with Gasteiger partial charge in [0.15, 0.2) is 0 Å². The van der Waals surface area contributed by atoms with E-state index in [1.165, 1.54) is 0 Å². The van der Waals surface area contributed by atoms with Crippen molar-refractivity contribution >= 4 is 5.91 Å². The van der Waals surface area contributed by atoms with Crippen LogP contribution in [0.1, 0.15) is 40.8 Å². The molecule has 1 atom stereocenters. The van der Waals surface area contributed by atoms with Crippen LogP contribution in [0.4, 0.5) is 0 Å². The summed E-state index contributed by atoms with van der Waals surface area (Å²) in [5.41, 5.74) is 2.49. The summed E-state index contributed by atoms with van der Waals surface area (Å²) in [5, 5.41) is 3.10. The average molecular weight is 270 g/mol. The molecule has 2 heterocycles. The zero-order chi connectivity index (χ0) is 14.1. The zero-order valence-electron chi connectivity index (χ0n) is 11.7. The van der Waals surface area contributed by atoms with Crippen LogP contribution in [0.5, 0.6) is 0 Å². The predicted octanol–water partition coefficient (Wildman–Crippen LogP) is 2.00. The summed E-state index contributed by atoms with van der Waals surface area (Å²) in [7, 11) is 1.82. The van der Waals surface area contributed by atoms with E-state index in [1.54, 1.807) is 17.1 Å². The Labute approximate surface area is 118 Å². The highest BCUT2D eigenvalue weighted by Crippen LogP contribution is 2.40. The Bertz CT molecular complexity index is 630. The van der Waals surface area contributed by atoms with Gasteiger partial charge in [0.25, 0.3) is 5.91 Å². The highest BCUT2D eigenvalue weighted by Gasteiger charge is 2.34. The van der Waals surface area contributed by atoms with Gasteiger partial charge in [-0.15, -0.1) is 0 Å². The molecule has 0 unspecified atom stereocenters. The maximum absolute atomic E-state index is 12.3. The fourth-order valence-electron chi connectivity index (χ4n) is 2.39. The van der Waals surface area contributed by atoms with Gasteiger partial charge in [0.2, 0.25) is 0 Å². The fourth-order valence-corrected chi connectivity index (χ4v) is 2.39. The molecule has 0 aliphatic heterocycles. The lowest BCUT2D eigenvalue weighted by molar-refractivity contribution is 0.0922. The number of pyridine rings is 1. The topological polar surface area (TPSA) is 59.8 Å². The minimum absolute atomic E-state index is 0.00250. The van der Waals surface area contributed by atoms with Crippen LogP contribution in [-0.2, 0) is 7.05 Å². The first-order valence-electron chi connectivity index (χ1n) is 6.86. The Morgan fingerprint density at radius 2 is 2.25 bits per heavy atom. The predicted molar refractivity (Wildman–Crippen MR) is 75.1 cm³/mol. The van der Waals surface area contributed by atoms with Crippen molar-refractivity contribution in [3.63, 3.8) is 0 Å². The van der Waals surface area contributed by atoms with Crippen LogP contribution in [0, 0.1) is 12.8 Å². The van der Waals surface area contributed by atoms with Crippen LogP contribution >= 0.6 is 0 Å². The largest absolute Gasteiger partial charge is 0.342 e. The van der Waals surface area contributed by atoms with Gasteiger partial charge in [-0.1, -0.05) is 6.07 Å². The van der Waals surface area contributed by atoms with Crippen molar-refractivity contribution < 1.29 is 4.79 Å². The van der Waals surface area contributed by atoms with Crippen LogP contribution in [0.25, 0.3) is 0 Å². The van der Waals surface area contributed by atoms with E-state index in [4.69, 9.17) is 0 Å². The van der Waals surface area contributed by atoms with Crippen molar-refractivity contribution in [1.29, 1.82) is 0 Å². The van der Waals surface area contributed by atoms with Crippen molar-refractivity contribution in [2.45, 2.75) is 25.8 Å². The van der Waals surface area contributed by atoms with Gasteiger partial charge in [0.05, 0.1) is 24.3 Å². The molecule has 1 aliphatic carbocycles. The molecule has 5 nitrogen and oxygen atoms in total. The van der Waals surface area contributed by atoms with Gasteiger partial charge in [-0.2, -0.15) is 0 Å². The number of nitrogens with one attached hydrogen (secondary N) is 1. The lowest BCUT2D eigenvalue weighted by Gasteiger charge is -2.18. The summed E-state index contributed by atoms with van der Waals surface area (Å²) in [5.74, 6) is 0.409. The van der Waals surface area contributed by atoms with Crippen LogP contribution in [0.3, 0.4) is 0 Å². The van der Waals surface area contributed by atoms with Crippen LogP contribution in [0.2, 0.25) is 0 Å². The minimum Gasteiger partial charge on any atom is -0.342 e. The first-order valence-corrected chi connectivity index (χ1v) is 6.86. The van der Waals surface area contributed by atoms with Crippen molar-refractivity contribution in [3.05, 3.63) is 47.8 Å². The molecule has 0 saturated heterocycles. The van der Waals surface area contributed by atoms with Gasteiger partial charge in [-0.25, -0.2) is 4.98 Å². The van der Waals surface area contributed by atoms with Crippen LogP contribution in [-0.4, -0.2) is 20.4 Å². The van der Waals surface area contributed by atoms with Crippen LogP contribution < -0.4 is 5.32 Å². The summed E-state index contributed by atoms with van der Waals surface area (Å²) in [4.78, 5) is 20.9. The van der Waals surface area contributed by atoms with Gasteiger partial charge in [0.1, 0.15) is 5.69 Å². The molecule has 0 aromatic carbocycles. The lowest BCUT2D eigenvalue weighted by atomic mass is 10.1. The third-order valence-corrected chi connectivity index (χ3v) is 3.66. The third kappa shape index (κ3) is 2.57.